The van der Waals surface area contributed by atoms with Gasteiger partial charge in [0, 0.05) is 33.1 Å². The van der Waals surface area contributed by atoms with Crippen molar-refractivity contribution in [1.29, 1.82) is 0 Å². The van der Waals surface area contributed by atoms with Crippen molar-refractivity contribution in [2.24, 2.45) is 14.1 Å². The fraction of sp³-hybridized carbons (Fsp3) is 0.474. The Hall–Kier alpha value is -2.94. The van der Waals surface area contributed by atoms with Gasteiger partial charge in [0.05, 0.1) is 17.6 Å². The van der Waals surface area contributed by atoms with Crippen molar-refractivity contribution in [2.45, 2.75) is 31.9 Å². The van der Waals surface area contributed by atoms with Gasteiger partial charge in [0.15, 0.2) is 5.82 Å². The van der Waals surface area contributed by atoms with Gasteiger partial charge >= 0.3 is 6.03 Å². The summed E-state index contributed by atoms with van der Waals surface area (Å²) in [5, 5.41) is 20.5. The van der Waals surface area contributed by atoms with Crippen LogP contribution in [0.1, 0.15) is 36.2 Å². The zero-order chi connectivity index (χ0) is 19.7. The number of aromatic nitrogens is 5. The first kappa shape index (κ1) is 18.4. The number of carbonyl (C=O) groups excluding carboxylic acids is 1. The smallest absolute Gasteiger partial charge is 0.317 e. The number of fused-ring (bicyclic) bond motifs is 1. The van der Waals surface area contributed by atoms with Crippen LogP contribution in [0.2, 0.25) is 0 Å². The van der Waals surface area contributed by atoms with Gasteiger partial charge in [-0.05, 0) is 25.0 Å². The number of piperidine rings is 1. The maximum atomic E-state index is 12.7. The number of para-hydroxylation sites is 2. The third-order valence-corrected chi connectivity index (χ3v) is 5.49. The lowest BCUT2D eigenvalue weighted by molar-refractivity contribution is 0.177. The Morgan fingerprint density at radius 2 is 2.04 bits per heavy atom. The Morgan fingerprint density at radius 1 is 1.21 bits per heavy atom. The lowest BCUT2D eigenvalue weighted by Crippen LogP contribution is -2.45. The van der Waals surface area contributed by atoms with Crippen LogP contribution >= 0.6 is 0 Å². The number of hydrogen-bond acceptors (Lipinski definition) is 5. The minimum atomic E-state index is -0.140. The molecule has 9 heteroatoms. The van der Waals surface area contributed by atoms with E-state index in [1.807, 2.05) is 52.4 Å². The average molecular weight is 383 g/mol. The number of hydrogen-bond donors (Lipinski definition) is 2. The number of aryl methyl sites for hydroxylation is 1. The maximum Gasteiger partial charge on any atom is 0.317 e. The van der Waals surface area contributed by atoms with Crippen LogP contribution in [0.5, 0.6) is 0 Å². The molecule has 2 aromatic heterocycles. The summed E-state index contributed by atoms with van der Waals surface area (Å²) in [6, 6.07) is 7.83. The van der Waals surface area contributed by atoms with Gasteiger partial charge in [0.1, 0.15) is 18.3 Å². The van der Waals surface area contributed by atoms with Crippen LogP contribution in [-0.4, -0.2) is 53.4 Å². The lowest BCUT2D eigenvalue weighted by Gasteiger charge is -2.32. The minimum Gasteiger partial charge on any atom is -0.388 e. The van der Waals surface area contributed by atoms with E-state index in [1.165, 1.54) is 0 Å². The van der Waals surface area contributed by atoms with Crippen molar-refractivity contribution in [1.82, 2.24) is 34.5 Å². The highest BCUT2D eigenvalue weighted by Crippen LogP contribution is 2.25. The Kier molecular flexibility index (Phi) is 4.99. The van der Waals surface area contributed by atoms with Gasteiger partial charge in [-0.1, -0.05) is 12.1 Å². The molecule has 1 atom stereocenters. The zero-order valence-corrected chi connectivity index (χ0v) is 16.2. The van der Waals surface area contributed by atoms with E-state index in [4.69, 9.17) is 0 Å². The molecule has 0 radical (unpaired) electrons. The van der Waals surface area contributed by atoms with Crippen molar-refractivity contribution in [3.8, 4) is 0 Å². The number of nitrogens with one attached hydrogen (secondary N) is 1. The number of benzene rings is 1. The van der Waals surface area contributed by atoms with Crippen LogP contribution in [0.3, 0.4) is 0 Å². The summed E-state index contributed by atoms with van der Waals surface area (Å²) in [5.41, 5.74) is 1.97. The standard InChI is InChI=1S/C19H25N7O2/c1-24-15-8-4-3-7-14(15)21-16(24)10-20-19(28)26-9-5-6-13(11-26)18-23-22-17(12-27)25(18)2/h3-4,7-8,13,27H,5-6,9-12H2,1-2H3,(H,20,28). The molecule has 148 valence electrons. The van der Waals surface area contributed by atoms with Crippen LogP contribution in [0, 0.1) is 0 Å². The third-order valence-electron chi connectivity index (χ3n) is 5.49. The molecule has 0 saturated carbocycles. The normalized spacial score (nSPS) is 17.2. The molecule has 3 heterocycles. The highest BCUT2D eigenvalue weighted by Gasteiger charge is 2.28. The SMILES string of the molecule is Cn1c(CO)nnc1C1CCCN(C(=O)NCc2nc3ccccc3n2C)C1. The van der Waals surface area contributed by atoms with E-state index in [2.05, 4.69) is 20.5 Å². The molecular formula is C19H25N7O2. The van der Waals surface area contributed by atoms with Crippen LogP contribution in [0.25, 0.3) is 11.0 Å². The maximum absolute atomic E-state index is 12.7. The molecule has 1 aliphatic rings. The van der Waals surface area contributed by atoms with E-state index < -0.39 is 0 Å². The monoisotopic (exact) mass is 383 g/mol. The molecule has 9 nitrogen and oxygen atoms in total. The second-order valence-corrected chi connectivity index (χ2v) is 7.21. The van der Waals surface area contributed by atoms with Crippen LogP contribution in [-0.2, 0) is 27.2 Å². The summed E-state index contributed by atoms with van der Waals surface area (Å²) in [6.45, 7) is 1.55. The molecule has 0 aliphatic carbocycles. The molecule has 2 N–H and O–H groups in total. The van der Waals surface area contributed by atoms with Crippen LogP contribution in [0.15, 0.2) is 24.3 Å². The van der Waals surface area contributed by atoms with E-state index in [0.717, 1.165) is 42.1 Å². The largest absolute Gasteiger partial charge is 0.388 e. The van der Waals surface area contributed by atoms with Gasteiger partial charge in [-0.15, -0.1) is 10.2 Å². The second kappa shape index (κ2) is 7.59. The van der Waals surface area contributed by atoms with Gasteiger partial charge < -0.3 is 24.5 Å². The van der Waals surface area contributed by atoms with Gasteiger partial charge in [-0.25, -0.2) is 9.78 Å². The van der Waals surface area contributed by atoms with Gasteiger partial charge in [0.25, 0.3) is 0 Å². The van der Waals surface area contributed by atoms with Gasteiger partial charge in [-0.2, -0.15) is 0 Å². The summed E-state index contributed by atoms with van der Waals surface area (Å²) in [6.07, 6.45) is 1.86. The van der Waals surface area contributed by atoms with Crippen molar-refractivity contribution in [2.75, 3.05) is 13.1 Å². The first-order valence-corrected chi connectivity index (χ1v) is 9.50. The summed E-state index contributed by atoms with van der Waals surface area (Å²) < 4.78 is 3.83. The molecule has 0 spiro atoms. The molecule has 1 unspecified atom stereocenters. The summed E-state index contributed by atoms with van der Waals surface area (Å²) in [5.74, 6) is 2.30. The Morgan fingerprint density at radius 3 is 2.79 bits per heavy atom. The van der Waals surface area contributed by atoms with Crippen LogP contribution < -0.4 is 5.32 Å². The average Bonchev–Trinajstić information content (AvgIpc) is 3.26. The highest BCUT2D eigenvalue weighted by atomic mass is 16.3. The molecule has 0 bridgehead atoms. The number of aliphatic hydroxyl groups excluding tert-OH is 1. The van der Waals surface area contributed by atoms with Crippen LogP contribution in [0.4, 0.5) is 4.79 Å². The first-order chi connectivity index (χ1) is 13.6. The quantitative estimate of drug-likeness (QED) is 0.707. The van der Waals surface area contributed by atoms with E-state index in [-0.39, 0.29) is 18.6 Å². The number of nitrogens with zero attached hydrogens (tertiary/aromatic N) is 6. The molecule has 1 fully saturated rings. The Bertz CT molecular complexity index is 993. The Labute approximate surface area is 163 Å². The third kappa shape index (κ3) is 3.33. The van der Waals surface area contributed by atoms with Gasteiger partial charge in [-0.3, -0.25) is 0 Å². The van der Waals surface area contributed by atoms with E-state index >= 15 is 0 Å². The number of urea groups is 1. The van der Waals surface area contributed by atoms with Crippen molar-refractivity contribution in [3.05, 3.63) is 41.7 Å². The predicted molar refractivity (Wildman–Crippen MR) is 103 cm³/mol. The second-order valence-electron chi connectivity index (χ2n) is 7.21. The molecular weight excluding hydrogens is 358 g/mol. The van der Waals surface area contributed by atoms with Crippen molar-refractivity contribution in [3.63, 3.8) is 0 Å². The lowest BCUT2D eigenvalue weighted by atomic mass is 9.97. The molecule has 1 aromatic carbocycles. The number of carbonyl (C=O) groups is 1. The number of likely N-dealkylation sites (tertiary alicyclic amines) is 1. The topological polar surface area (TPSA) is 101 Å². The van der Waals surface area contributed by atoms with Gasteiger partial charge in [0.2, 0.25) is 0 Å². The summed E-state index contributed by atoms with van der Waals surface area (Å²) in [7, 11) is 3.81. The fourth-order valence-electron chi connectivity index (χ4n) is 3.86. The van der Waals surface area contributed by atoms with Crippen molar-refractivity contribution < 1.29 is 9.90 Å². The first-order valence-electron chi connectivity index (χ1n) is 9.50. The summed E-state index contributed by atoms with van der Waals surface area (Å²) in [4.78, 5) is 19.1. The molecule has 28 heavy (non-hydrogen) atoms. The number of aliphatic hydroxyl groups is 1. The number of amides is 2. The predicted octanol–water partition coefficient (Wildman–Crippen LogP) is 1.28. The number of imidazole rings is 1. The highest BCUT2D eigenvalue weighted by molar-refractivity contribution is 5.76. The van der Waals surface area contributed by atoms with E-state index in [0.29, 0.717) is 18.9 Å². The Balaban J connectivity index is 1.41. The molecule has 4 rings (SSSR count). The minimum absolute atomic E-state index is 0.0960. The zero-order valence-electron chi connectivity index (χ0n) is 16.2. The molecule has 3 aromatic rings. The van der Waals surface area contributed by atoms with Crippen molar-refractivity contribution >= 4 is 17.1 Å². The fourth-order valence-corrected chi connectivity index (χ4v) is 3.86. The number of rotatable bonds is 4. The molecule has 2 amide bonds. The molecule has 1 aliphatic heterocycles. The van der Waals surface area contributed by atoms with E-state index in [9.17, 15) is 9.90 Å². The van der Waals surface area contributed by atoms with E-state index in [1.54, 1.807) is 0 Å². The summed E-state index contributed by atoms with van der Waals surface area (Å²) >= 11 is 0. The molecule has 1 saturated heterocycles.